The molecule has 0 saturated carbocycles. The molecule has 4 nitrogen and oxygen atoms in total. The van der Waals surface area contributed by atoms with Gasteiger partial charge in [-0.3, -0.25) is 4.99 Å². The molecule has 0 fully saturated rings. The number of hydrogen-bond acceptors (Lipinski definition) is 2. The van der Waals surface area contributed by atoms with Crippen molar-refractivity contribution in [3.63, 3.8) is 0 Å². The molecule has 0 aliphatic rings. The summed E-state index contributed by atoms with van der Waals surface area (Å²) >= 11 is 0. The van der Waals surface area contributed by atoms with E-state index in [-0.39, 0.29) is 0 Å². The molecule has 4 heteroatoms. The number of aryl methyl sites for hydroxylation is 1. The van der Waals surface area contributed by atoms with Gasteiger partial charge in [0.05, 0.1) is 7.11 Å². The van der Waals surface area contributed by atoms with Crippen molar-refractivity contribution in [3.05, 3.63) is 29.8 Å². The molecule has 1 aromatic carbocycles. The maximum Gasteiger partial charge on any atom is 0.191 e. The Kier molecular flexibility index (Phi) is 8.32. The van der Waals surface area contributed by atoms with Crippen LogP contribution in [0.25, 0.3) is 0 Å². The Morgan fingerprint density at radius 1 is 1.33 bits per heavy atom. The predicted molar refractivity (Wildman–Crippen MR) is 90.2 cm³/mol. The molecule has 1 atom stereocenters. The van der Waals surface area contributed by atoms with Crippen LogP contribution in [0.15, 0.2) is 29.3 Å². The third kappa shape index (κ3) is 7.02. The van der Waals surface area contributed by atoms with Gasteiger partial charge in [0, 0.05) is 19.1 Å². The normalized spacial score (nSPS) is 12.9. The Balaban J connectivity index is 2.42. The van der Waals surface area contributed by atoms with E-state index in [1.165, 1.54) is 5.56 Å². The van der Waals surface area contributed by atoms with Crippen LogP contribution in [0.1, 0.15) is 39.2 Å². The van der Waals surface area contributed by atoms with Crippen molar-refractivity contribution in [2.75, 3.05) is 20.2 Å². The van der Waals surface area contributed by atoms with Gasteiger partial charge >= 0.3 is 0 Å². The highest BCUT2D eigenvalue weighted by atomic mass is 16.5. The Morgan fingerprint density at radius 3 is 2.81 bits per heavy atom. The summed E-state index contributed by atoms with van der Waals surface area (Å²) in [6, 6.07) is 8.68. The van der Waals surface area contributed by atoms with Gasteiger partial charge in [0.2, 0.25) is 0 Å². The van der Waals surface area contributed by atoms with Crippen LogP contribution in [0.4, 0.5) is 0 Å². The van der Waals surface area contributed by atoms with E-state index in [1.807, 2.05) is 12.1 Å². The molecule has 0 aliphatic carbocycles. The molecule has 1 aromatic rings. The highest BCUT2D eigenvalue weighted by Gasteiger charge is 2.02. The molecule has 0 radical (unpaired) electrons. The van der Waals surface area contributed by atoms with Crippen molar-refractivity contribution in [2.24, 2.45) is 4.99 Å². The van der Waals surface area contributed by atoms with Crippen molar-refractivity contribution in [1.82, 2.24) is 10.6 Å². The topological polar surface area (TPSA) is 45.7 Å². The van der Waals surface area contributed by atoms with Crippen LogP contribution in [0.2, 0.25) is 0 Å². The first-order chi connectivity index (χ1) is 10.2. The lowest BCUT2D eigenvalue weighted by Crippen LogP contribution is -2.42. The molecule has 0 heterocycles. The number of methoxy groups -OCH3 is 1. The third-order valence-electron chi connectivity index (χ3n) is 3.37. The molecule has 1 rings (SSSR count). The second kappa shape index (κ2) is 10.1. The number of aliphatic imine (C=N–C) groups is 1. The van der Waals surface area contributed by atoms with Crippen LogP contribution >= 0.6 is 0 Å². The quantitative estimate of drug-likeness (QED) is 0.440. The number of guanidine groups is 1. The first-order valence-electron chi connectivity index (χ1n) is 7.87. The van der Waals surface area contributed by atoms with Crippen molar-refractivity contribution >= 4 is 5.96 Å². The van der Waals surface area contributed by atoms with E-state index in [0.29, 0.717) is 6.04 Å². The highest BCUT2D eigenvalue weighted by Crippen LogP contribution is 2.13. The van der Waals surface area contributed by atoms with Gasteiger partial charge in [-0.05, 0) is 50.8 Å². The molecule has 1 unspecified atom stereocenters. The minimum atomic E-state index is 0.446. The summed E-state index contributed by atoms with van der Waals surface area (Å²) in [7, 11) is 1.70. The SMILES string of the molecule is CCNC(=NCCCc1cccc(OC)c1)NC(C)CC. The van der Waals surface area contributed by atoms with Crippen LogP contribution in [-0.4, -0.2) is 32.2 Å². The fourth-order valence-corrected chi connectivity index (χ4v) is 1.96. The monoisotopic (exact) mass is 291 g/mol. The van der Waals surface area contributed by atoms with Crippen LogP contribution in [0.3, 0.4) is 0 Å². The van der Waals surface area contributed by atoms with Crippen molar-refractivity contribution in [3.8, 4) is 5.75 Å². The molecule has 0 bridgehead atoms. The van der Waals surface area contributed by atoms with Gasteiger partial charge in [-0.2, -0.15) is 0 Å². The summed E-state index contributed by atoms with van der Waals surface area (Å²) in [6.45, 7) is 8.14. The van der Waals surface area contributed by atoms with Crippen LogP contribution in [-0.2, 0) is 6.42 Å². The molecule has 0 aliphatic heterocycles. The minimum absolute atomic E-state index is 0.446. The van der Waals surface area contributed by atoms with Crippen LogP contribution in [0.5, 0.6) is 5.75 Å². The first kappa shape index (κ1) is 17.3. The first-order valence-corrected chi connectivity index (χ1v) is 7.87. The molecule has 0 aromatic heterocycles. The van der Waals surface area contributed by atoms with Crippen LogP contribution < -0.4 is 15.4 Å². The van der Waals surface area contributed by atoms with Crippen molar-refractivity contribution in [2.45, 2.75) is 46.1 Å². The minimum Gasteiger partial charge on any atom is -0.497 e. The summed E-state index contributed by atoms with van der Waals surface area (Å²) < 4.78 is 5.24. The number of ether oxygens (including phenoxy) is 1. The van der Waals surface area contributed by atoms with E-state index >= 15 is 0 Å². The van der Waals surface area contributed by atoms with Gasteiger partial charge < -0.3 is 15.4 Å². The summed E-state index contributed by atoms with van der Waals surface area (Å²) in [5.41, 5.74) is 1.30. The van der Waals surface area contributed by atoms with E-state index in [0.717, 1.165) is 44.1 Å². The lowest BCUT2D eigenvalue weighted by molar-refractivity contribution is 0.414. The van der Waals surface area contributed by atoms with Gasteiger partial charge in [0.25, 0.3) is 0 Å². The highest BCUT2D eigenvalue weighted by molar-refractivity contribution is 5.79. The average Bonchev–Trinajstić information content (AvgIpc) is 2.51. The maximum atomic E-state index is 5.24. The zero-order valence-electron chi connectivity index (χ0n) is 13.8. The largest absolute Gasteiger partial charge is 0.497 e. The van der Waals surface area contributed by atoms with Gasteiger partial charge in [-0.25, -0.2) is 0 Å². The fourth-order valence-electron chi connectivity index (χ4n) is 1.96. The van der Waals surface area contributed by atoms with Crippen molar-refractivity contribution < 1.29 is 4.74 Å². The van der Waals surface area contributed by atoms with Crippen LogP contribution in [0, 0.1) is 0 Å². The summed E-state index contributed by atoms with van der Waals surface area (Å²) in [5.74, 6) is 1.83. The summed E-state index contributed by atoms with van der Waals surface area (Å²) in [5, 5.41) is 6.69. The van der Waals surface area contributed by atoms with E-state index in [2.05, 4.69) is 48.5 Å². The Hall–Kier alpha value is -1.71. The smallest absolute Gasteiger partial charge is 0.191 e. The molecule has 0 spiro atoms. The van der Waals surface area contributed by atoms with Gasteiger partial charge in [0.15, 0.2) is 5.96 Å². The Bertz CT molecular complexity index is 432. The fraction of sp³-hybridized carbons (Fsp3) is 0.588. The number of benzene rings is 1. The molecule has 2 N–H and O–H groups in total. The molecular weight excluding hydrogens is 262 g/mol. The van der Waals surface area contributed by atoms with E-state index < -0.39 is 0 Å². The summed E-state index contributed by atoms with van der Waals surface area (Å²) in [4.78, 5) is 4.62. The van der Waals surface area contributed by atoms with Gasteiger partial charge in [0.1, 0.15) is 5.75 Å². The molecule has 118 valence electrons. The Morgan fingerprint density at radius 2 is 2.14 bits per heavy atom. The molecule has 0 amide bonds. The summed E-state index contributed by atoms with van der Waals surface area (Å²) in [6.07, 6.45) is 3.14. The number of nitrogens with one attached hydrogen (secondary N) is 2. The molecular formula is C17H29N3O. The van der Waals surface area contributed by atoms with E-state index in [1.54, 1.807) is 7.11 Å². The predicted octanol–water partition coefficient (Wildman–Crippen LogP) is 2.98. The van der Waals surface area contributed by atoms with Gasteiger partial charge in [-0.1, -0.05) is 19.1 Å². The molecule has 21 heavy (non-hydrogen) atoms. The lowest BCUT2D eigenvalue weighted by Gasteiger charge is -2.16. The number of nitrogens with zero attached hydrogens (tertiary/aromatic N) is 1. The zero-order valence-corrected chi connectivity index (χ0v) is 13.8. The second-order valence-electron chi connectivity index (χ2n) is 5.17. The second-order valence-corrected chi connectivity index (χ2v) is 5.17. The zero-order chi connectivity index (χ0) is 15.5. The maximum absolute atomic E-state index is 5.24. The Labute approximate surface area is 129 Å². The number of hydrogen-bond donors (Lipinski definition) is 2. The van der Waals surface area contributed by atoms with E-state index in [9.17, 15) is 0 Å². The average molecular weight is 291 g/mol. The number of rotatable bonds is 8. The van der Waals surface area contributed by atoms with E-state index in [4.69, 9.17) is 4.74 Å². The standard InChI is InChI=1S/C17H29N3O/c1-5-14(3)20-17(18-6-2)19-12-8-10-15-9-7-11-16(13-15)21-4/h7,9,11,13-14H,5-6,8,10,12H2,1-4H3,(H2,18,19,20). The van der Waals surface area contributed by atoms with Crippen molar-refractivity contribution in [1.29, 1.82) is 0 Å². The van der Waals surface area contributed by atoms with Gasteiger partial charge in [-0.15, -0.1) is 0 Å². The molecule has 0 saturated heterocycles. The third-order valence-corrected chi connectivity index (χ3v) is 3.37. The lowest BCUT2D eigenvalue weighted by atomic mass is 10.1.